The average Bonchev–Trinajstić information content (AvgIpc) is 3.25. The van der Waals surface area contributed by atoms with Crippen LogP contribution in [-0.2, 0) is 0 Å². The largest absolute Gasteiger partial charge is 0.497 e. The van der Waals surface area contributed by atoms with Crippen LogP contribution in [0.5, 0.6) is 11.6 Å². The van der Waals surface area contributed by atoms with E-state index in [2.05, 4.69) is 21.9 Å². The summed E-state index contributed by atoms with van der Waals surface area (Å²) < 4.78 is 11.3. The Morgan fingerprint density at radius 3 is 2.79 bits per heavy atom. The van der Waals surface area contributed by atoms with Crippen LogP contribution in [-0.4, -0.2) is 51.6 Å². The van der Waals surface area contributed by atoms with Gasteiger partial charge in [-0.1, -0.05) is 0 Å². The van der Waals surface area contributed by atoms with E-state index in [1.54, 1.807) is 43.9 Å². The van der Waals surface area contributed by atoms with Crippen molar-refractivity contribution in [3.8, 4) is 22.3 Å². The second-order valence-electron chi connectivity index (χ2n) is 6.89. The maximum absolute atomic E-state index is 13.3. The Hall–Kier alpha value is -3.00. The van der Waals surface area contributed by atoms with Crippen LogP contribution in [0.4, 0.5) is 0 Å². The van der Waals surface area contributed by atoms with Crippen LogP contribution in [0.15, 0.2) is 48.2 Å². The summed E-state index contributed by atoms with van der Waals surface area (Å²) in [7, 11) is 1.61. The molecule has 150 valence electrons. The zero-order chi connectivity index (χ0) is 20.2. The topological polar surface area (TPSA) is 77.4 Å². The fourth-order valence-electron chi connectivity index (χ4n) is 3.43. The molecular weight excluding hydrogens is 388 g/mol. The molecule has 2 atom stereocenters. The van der Waals surface area contributed by atoms with Gasteiger partial charge < -0.3 is 14.4 Å². The monoisotopic (exact) mass is 410 g/mol. The van der Waals surface area contributed by atoms with Crippen molar-refractivity contribution in [2.75, 3.05) is 13.7 Å². The van der Waals surface area contributed by atoms with Crippen molar-refractivity contribution in [3.63, 3.8) is 0 Å². The summed E-state index contributed by atoms with van der Waals surface area (Å²) >= 11 is 1.48. The Kier molecular flexibility index (Phi) is 5.71. The third kappa shape index (κ3) is 4.22. The molecule has 0 aromatic carbocycles. The molecule has 1 amide bonds. The maximum atomic E-state index is 13.3. The number of aromatic nitrogens is 3. The van der Waals surface area contributed by atoms with Crippen LogP contribution in [0.1, 0.15) is 30.1 Å². The Labute approximate surface area is 173 Å². The Bertz CT molecular complexity index is 979. The molecule has 1 fully saturated rings. The van der Waals surface area contributed by atoms with E-state index < -0.39 is 0 Å². The molecule has 4 rings (SSSR count). The number of thiophene rings is 1. The molecule has 0 radical (unpaired) electrons. The number of carbonyl (C=O) groups is 1. The van der Waals surface area contributed by atoms with Crippen molar-refractivity contribution < 1.29 is 14.3 Å². The summed E-state index contributed by atoms with van der Waals surface area (Å²) in [6.07, 6.45) is 6.63. The van der Waals surface area contributed by atoms with E-state index in [9.17, 15) is 4.79 Å². The summed E-state index contributed by atoms with van der Waals surface area (Å²) in [6.45, 7) is 2.58. The highest BCUT2D eigenvalue weighted by Crippen LogP contribution is 2.30. The number of nitrogens with zero attached hydrogens (tertiary/aromatic N) is 4. The second-order valence-corrected chi connectivity index (χ2v) is 7.81. The van der Waals surface area contributed by atoms with Crippen molar-refractivity contribution in [2.45, 2.75) is 31.9 Å². The summed E-state index contributed by atoms with van der Waals surface area (Å²) in [5, 5.41) is 1.90. The van der Waals surface area contributed by atoms with E-state index in [4.69, 9.17) is 9.47 Å². The third-order valence-corrected chi connectivity index (χ3v) is 5.90. The first kappa shape index (κ1) is 19.3. The van der Waals surface area contributed by atoms with E-state index in [1.165, 1.54) is 11.3 Å². The zero-order valence-corrected chi connectivity index (χ0v) is 17.1. The van der Waals surface area contributed by atoms with Crippen molar-refractivity contribution in [1.29, 1.82) is 0 Å². The first-order chi connectivity index (χ1) is 14.2. The van der Waals surface area contributed by atoms with Gasteiger partial charge in [-0.05, 0) is 43.3 Å². The van der Waals surface area contributed by atoms with Crippen LogP contribution in [0.2, 0.25) is 0 Å². The number of methoxy groups -OCH3 is 1. The van der Waals surface area contributed by atoms with Gasteiger partial charge in [0.25, 0.3) is 5.91 Å². The van der Waals surface area contributed by atoms with E-state index in [-0.39, 0.29) is 18.1 Å². The van der Waals surface area contributed by atoms with Gasteiger partial charge in [0.1, 0.15) is 11.9 Å². The molecule has 0 saturated carbocycles. The van der Waals surface area contributed by atoms with Crippen LogP contribution in [0.25, 0.3) is 10.7 Å². The third-order valence-electron chi connectivity index (χ3n) is 4.99. The molecule has 29 heavy (non-hydrogen) atoms. The van der Waals surface area contributed by atoms with E-state index >= 15 is 0 Å². The van der Waals surface area contributed by atoms with Gasteiger partial charge >= 0.3 is 0 Å². The lowest BCUT2D eigenvalue weighted by Crippen LogP contribution is -2.49. The highest BCUT2D eigenvalue weighted by atomic mass is 32.1. The Morgan fingerprint density at radius 2 is 2.00 bits per heavy atom. The average molecular weight is 410 g/mol. The number of piperidine rings is 1. The minimum absolute atomic E-state index is 0.0203. The van der Waals surface area contributed by atoms with Gasteiger partial charge in [0.2, 0.25) is 5.88 Å². The first-order valence-electron chi connectivity index (χ1n) is 9.48. The molecule has 4 heterocycles. The lowest BCUT2D eigenvalue weighted by molar-refractivity contribution is 0.0373. The number of likely N-dealkylation sites (tertiary alicyclic amines) is 1. The number of rotatable bonds is 5. The predicted molar refractivity (Wildman–Crippen MR) is 110 cm³/mol. The highest BCUT2D eigenvalue weighted by molar-refractivity contribution is 7.14. The number of hydrogen-bond acceptors (Lipinski definition) is 7. The fraction of sp³-hybridized carbons (Fsp3) is 0.333. The van der Waals surface area contributed by atoms with Crippen molar-refractivity contribution in [3.05, 3.63) is 53.8 Å². The summed E-state index contributed by atoms with van der Waals surface area (Å²) in [5.74, 6) is 1.75. The quantitative estimate of drug-likeness (QED) is 0.639. The molecule has 1 aliphatic rings. The SMILES string of the molecule is COc1ccnc(OC2CCC(C)N(C(=O)c3ccsc3-c3ncccn3)C2)c1. The highest BCUT2D eigenvalue weighted by Gasteiger charge is 2.32. The summed E-state index contributed by atoms with van der Waals surface area (Å²) in [5.41, 5.74) is 0.633. The number of hydrogen-bond donors (Lipinski definition) is 0. The Balaban J connectivity index is 1.52. The van der Waals surface area contributed by atoms with E-state index in [0.29, 0.717) is 29.6 Å². The molecule has 3 aromatic rings. The molecule has 1 saturated heterocycles. The lowest BCUT2D eigenvalue weighted by Gasteiger charge is -2.37. The van der Waals surface area contributed by atoms with Gasteiger partial charge in [-0.2, -0.15) is 0 Å². The van der Waals surface area contributed by atoms with Gasteiger partial charge in [0.05, 0.1) is 24.1 Å². The van der Waals surface area contributed by atoms with E-state index in [0.717, 1.165) is 17.7 Å². The predicted octanol–water partition coefficient (Wildman–Crippen LogP) is 3.68. The normalized spacial score (nSPS) is 19.0. The van der Waals surface area contributed by atoms with Gasteiger partial charge in [-0.25, -0.2) is 15.0 Å². The number of ether oxygens (including phenoxy) is 2. The van der Waals surface area contributed by atoms with Crippen molar-refractivity contribution in [2.24, 2.45) is 0 Å². The maximum Gasteiger partial charge on any atom is 0.255 e. The molecule has 0 spiro atoms. The lowest BCUT2D eigenvalue weighted by atomic mass is 10.00. The number of carbonyl (C=O) groups excluding carboxylic acids is 1. The Morgan fingerprint density at radius 1 is 1.17 bits per heavy atom. The molecule has 3 aromatic heterocycles. The molecule has 0 N–H and O–H groups in total. The zero-order valence-electron chi connectivity index (χ0n) is 16.3. The minimum Gasteiger partial charge on any atom is -0.497 e. The van der Waals surface area contributed by atoms with Gasteiger partial charge in [0.15, 0.2) is 5.82 Å². The van der Waals surface area contributed by atoms with Crippen LogP contribution >= 0.6 is 11.3 Å². The smallest absolute Gasteiger partial charge is 0.255 e. The van der Waals surface area contributed by atoms with Gasteiger partial charge in [-0.3, -0.25) is 4.79 Å². The van der Waals surface area contributed by atoms with Crippen molar-refractivity contribution >= 4 is 17.2 Å². The summed E-state index contributed by atoms with van der Waals surface area (Å²) in [6, 6.07) is 7.27. The molecule has 1 aliphatic heterocycles. The second kappa shape index (κ2) is 8.57. The van der Waals surface area contributed by atoms with Crippen LogP contribution in [0.3, 0.4) is 0 Å². The van der Waals surface area contributed by atoms with Gasteiger partial charge in [-0.15, -0.1) is 11.3 Å². The van der Waals surface area contributed by atoms with E-state index in [1.807, 2.05) is 16.3 Å². The molecule has 0 aliphatic carbocycles. The van der Waals surface area contributed by atoms with Crippen LogP contribution in [0, 0.1) is 0 Å². The number of pyridine rings is 1. The minimum atomic E-state index is -0.121. The molecule has 2 unspecified atom stereocenters. The van der Waals surface area contributed by atoms with Gasteiger partial charge in [0, 0.05) is 30.7 Å². The number of amides is 1. The van der Waals surface area contributed by atoms with Crippen LogP contribution < -0.4 is 9.47 Å². The fourth-order valence-corrected chi connectivity index (χ4v) is 4.26. The molecular formula is C21H22N4O3S. The van der Waals surface area contributed by atoms with Crippen molar-refractivity contribution in [1.82, 2.24) is 19.9 Å². The summed E-state index contributed by atoms with van der Waals surface area (Å²) in [4.78, 5) is 28.9. The molecule has 0 bridgehead atoms. The molecule has 7 nitrogen and oxygen atoms in total. The first-order valence-corrected chi connectivity index (χ1v) is 10.4. The standard InChI is InChI=1S/C21H22N4O3S/c1-14-4-5-16(28-18-12-15(27-2)6-10-22-18)13-25(14)21(26)17-7-11-29-19(17)20-23-8-3-9-24-20/h3,6-12,14,16H,4-5,13H2,1-2H3. The molecule has 8 heteroatoms.